The van der Waals surface area contributed by atoms with E-state index < -0.39 is 14.9 Å². The average Bonchev–Trinajstić information content (AvgIpc) is 2.69. The van der Waals surface area contributed by atoms with Gasteiger partial charge in [-0.25, -0.2) is 13.6 Å². The number of nitrogens with zero attached hydrogens (tertiary/aromatic N) is 2. The second-order valence-electron chi connectivity index (χ2n) is 7.09. The number of para-hydroxylation sites is 1. The first-order chi connectivity index (χ1) is 14.2. The van der Waals surface area contributed by atoms with E-state index in [0.29, 0.717) is 25.9 Å². The molecule has 4 N–H and O–H groups in total. The van der Waals surface area contributed by atoms with Gasteiger partial charge in [-0.1, -0.05) is 18.2 Å². The molecule has 3 rings (SSSR count). The van der Waals surface area contributed by atoms with E-state index in [9.17, 15) is 23.3 Å². The molecule has 2 aromatic carbocycles. The van der Waals surface area contributed by atoms with Crippen LogP contribution < -0.4 is 15.8 Å². The maximum atomic E-state index is 12.2. The molecule has 1 saturated heterocycles. The molecule has 160 valence electrons. The zero-order valence-corrected chi connectivity index (χ0v) is 17.0. The molecule has 1 aliphatic heterocycles. The molecule has 0 aliphatic carbocycles. The number of nitrogens with two attached hydrogens (primary N) is 1. The van der Waals surface area contributed by atoms with Crippen molar-refractivity contribution in [2.75, 3.05) is 30.3 Å². The van der Waals surface area contributed by atoms with Gasteiger partial charge in [0.15, 0.2) is 0 Å². The molecule has 2 aromatic rings. The van der Waals surface area contributed by atoms with Gasteiger partial charge in [-0.15, -0.1) is 0 Å². The van der Waals surface area contributed by atoms with Gasteiger partial charge in [-0.2, -0.15) is 0 Å². The maximum absolute atomic E-state index is 12.2. The van der Waals surface area contributed by atoms with Gasteiger partial charge in [-0.3, -0.25) is 19.8 Å². The third-order valence-corrected chi connectivity index (χ3v) is 5.78. The number of amides is 1. The minimum absolute atomic E-state index is 0.0301. The highest BCUT2D eigenvalue weighted by atomic mass is 32.2. The molecule has 1 amide bonds. The highest BCUT2D eigenvalue weighted by Gasteiger charge is 2.24. The molecule has 0 radical (unpaired) electrons. The van der Waals surface area contributed by atoms with Crippen LogP contribution in [-0.4, -0.2) is 49.8 Å². The molecule has 11 heteroatoms. The summed E-state index contributed by atoms with van der Waals surface area (Å²) in [5.41, 5.74) is 0.646. The number of hydrogen-bond acceptors (Lipinski definition) is 7. The van der Waals surface area contributed by atoms with Gasteiger partial charge in [0, 0.05) is 30.9 Å². The largest absolute Gasteiger partial charge is 0.377 e. The number of carbonyl (C=O) groups excluding carboxylic acids is 1. The van der Waals surface area contributed by atoms with E-state index in [-0.39, 0.29) is 34.8 Å². The van der Waals surface area contributed by atoms with Crippen LogP contribution in [0.3, 0.4) is 0 Å². The van der Waals surface area contributed by atoms with Crippen LogP contribution >= 0.6 is 0 Å². The number of anilines is 2. The lowest BCUT2D eigenvalue weighted by Crippen LogP contribution is -2.42. The van der Waals surface area contributed by atoms with Gasteiger partial charge in [0.25, 0.3) is 5.69 Å². The second kappa shape index (κ2) is 9.20. The topological polar surface area (TPSA) is 148 Å². The average molecular weight is 433 g/mol. The Morgan fingerprint density at radius 2 is 1.83 bits per heavy atom. The van der Waals surface area contributed by atoms with Crippen LogP contribution in [0, 0.1) is 10.1 Å². The van der Waals surface area contributed by atoms with Crippen molar-refractivity contribution < 1.29 is 18.1 Å². The molecular weight excluding hydrogens is 410 g/mol. The summed E-state index contributed by atoms with van der Waals surface area (Å²) in [5, 5.41) is 22.4. The van der Waals surface area contributed by atoms with Gasteiger partial charge in [-0.05, 0) is 37.1 Å². The Hall–Kier alpha value is -3.02. The highest BCUT2D eigenvalue weighted by Crippen LogP contribution is 2.29. The van der Waals surface area contributed by atoms with Crippen molar-refractivity contribution in [1.29, 1.82) is 0 Å². The van der Waals surface area contributed by atoms with Crippen molar-refractivity contribution in [2.45, 2.75) is 23.8 Å². The number of hydrogen-bond donors (Lipinski definition) is 3. The van der Waals surface area contributed by atoms with Gasteiger partial charge in [0.05, 0.1) is 16.4 Å². The number of carbonyl (C=O) groups is 1. The summed E-state index contributed by atoms with van der Waals surface area (Å²) < 4.78 is 22.9. The lowest BCUT2D eigenvalue weighted by molar-refractivity contribution is -0.384. The molecule has 0 bridgehead atoms. The molecule has 10 nitrogen and oxygen atoms in total. The fourth-order valence-electron chi connectivity index (χ4n) is 3.34. The van der Waals surface area contributed by atoms with Crippen LogP contribution in [0.5, 0.6) is 0 Å². The van der Waals surface area contributed by atoms with E-state index in [1.54, 1.807) is 0 Å². The van der Waals surface area contributed by atoms with E-state index in [1.807, 2.05) is 35.2 Å². The van der Waals surface area contributed by atoms with Crippen molar-refractivity contribution in [3.63, 3.8) is 0 Å². The zero-order chi connectivity index (χ0) is 21.7. The van der Waals surface area contributed by atoms with Crippen LogP contribution in [0.15, 0.2) is 53.4 Å². The number of primary sulfonamides is 1. The normalized spacial score (nSPS) is 15.5. The first kappa shape index (κ1) is 21.7. The molecule has 0 saturated carbocycles. The summed E-state index contributed by atoms with van der Waals surface area (Å²) in [6.07, 6.45) is 1.37. The van der Waals surface area contributed by atoms with E-state index in [4.69, 9.17) is 5.14 Å². The van der Waals surface area contributed by atoms with Gasteiger partial charge in [0.2, 0.25) is 15.9 Å². The summed E-state index contributed by atoms with van der Waals surface area (Å²) in [5.74, 6) is -0.0955. The summed E-state index contributed by atoms with van der Waals surface area (Å²) in [7, 11) is -4.03. The second-order valence-corrected chi connectivity index (χ2v) is 8.65. The number of sulfonamides is 1. The first-order valence-corrected chi connectivity index (χ1v) is 10.9. The van der Waals surface area contributed by atoms with Gasteiger partial charge in [0.1, 0.15) is 5.69 Å². The van der Waals surface area contributed by atoms with Gasteiger partial charge < -0.3 is 10.6 Å². The van der Waals surface area contributed by atoms with Crippen LogP contribution in [0.4, 0.5) is 17.1 Å². The number of nitrogens with one attached hydrogen (secondary N) is 2. The molecule has 0 aromatic heterocycles. The van der Waals surface area contributed by atoms with Crippen LogP contribution in [0.25, 0.3) is 0 Å². The SMILES string of the molecule is NS(=O)(=O)c1ccc(NC2CCN(CC(=O)Nc3ccccc3)CC2)c([N+](=O)[O-])c1. The lowest BCUT2D eigenvalue weighted by atomic mass is 10.0. The smallest absolute Gasteiger partial charge is 0.293 e. The Morgan fingerprint density at radius 3 is 2.43 bits per heavy atom. The number of nitro benzene ring substituents is 1. The molecule has 30 heavy (non-hydrogen) atoms. The van der Waals surface area contributed by atoms with Gasteiger partial charge >= 0.3 is 0 Å². The number of nitro groups is 1. The number of likely N-dealkylation sites (tertiary alicyclic amines) is 1. The molecule has 1 heterocycles. The molecule has 0 spiro atoms. The number of benzene rings is 2. The molecule has 1 fully saturated rings. The van der Waals surface area contributed by atoms with Crippen LogP contribution in [0.2, 0.25) is 0 Å². The van der Waals surface area contributed by atoms with E-state index in [0.717, 1.165) is 11.8 Å². The monoisotopic (exact) mass is 433 g/mol. The number of piperidine rings is 1. The summed E-state index contributed by atoms with van der Waals surface area (Å²) in [4.78, 5) is 24.6. The quantitative estimate of drug-likeness (QED) is 0.445. The van der Waals surface area contributed by atoms with Crippen molar-refractivity contribution in [3.8, 4) is 0 Å². The Kier molecular flexibility index (Phi) is 6.65. The predicted molar refractivity (Wildman–Crippen MR) is 113 cm³/mol. The summed E-state index contributed by atoms with van der Waals surface area (Å²) in [6, 6.07) is 12.7. The Bertz CT molecular complexity index is 1020. The Labute approximate surface area is 174 Å². The molecule has 0 atom stereocenters. The predicted octanol–water partition coefficient (Wildman–Crippen LogP) is 1.76. The summed E-state index contributed by atoms with van der Waals surface area (Å²) in [6.45, 7) is 1.58. The fraction of sp³-hybridized carbons (Fsp3) is 0.316. The van der Waals surface area contributed by atoms with Crippen molar-refractivity contribution in [2.24, 2.45) is 5.14 Å². The van der Waals surface area contributed by atoms with E-state index in [2.05, 4.69) is 10.6 Å². The number of rotatable bonds is 7. The Balaban J connectivity index is 1.55. The lowest BCUT2D eigenvalue weighted by Gasteiger charge is -2.32. The zero-order valence-electron chi connectivity index (χ0n) is 16.2. The van der Waals surface area contributed by atoms with Crippen LogP contribution in [-0.2, 0) is 14.8 Å². The van der Waals surface area contributed by atoms with E-state index in [1.165, 1.54) is 12.1 Å². The summed E-state index contributed by atoms with van der Waals surface area (Å²) >= 11 is 0. The van der Waals surface area contributed by atoms with Crippen molar-refractivity contribution >= 4 is 33.0 Å². The fourth-order valence-corrected chi connectivity index (χ4v) is 3.88. The van der Waals surface area contributed by atoms with Crippen molar-refractivity contribution in [1.82, 2.24) is 4.90 Å². The minimum Gasteiger partial charge on any atom is -0.377 e. The van der Waals surface area contributed by atoms with E-state index >= 15 is 0 Å². The Morgan fingerprint density at radius 1 is 1.17 bits per heavy atom. The van der Waals surface area contributed by atoms with Crippen molar-refractivity contribution in [3.05, 3.63) is 58.6 Å². The molecular formula is C19H23N5O5S. The molecule has 0 unspecified atom stereocenters. The highest BCUT2D eigenvalue weighted by molar-refractivity contribution is 7.89. The maximum Gasteiger partial charge on any atom is 0.293 e. The third-order valence-electron chi connectivity index (χ3n) is 4.87. The standard InChI is InChI=1S/C19H23N5O5S/c20-30(28,29)16-6-7-17(18(12-16)24(26)27)21-15-8-10-23(11-9-15)13-19(25)22-14-4-2-1-3-5-14/h1-7,12,15,21H,8-11,13H2,(H,22,25)(H2,20,28,29). The first-order valence-electron chi connectivity index (χ1n) is 9.37. The van der Waals surface area contributed by atoms with Crippen LogP contribution in [0.1, 0.15) is 12.8 Å². The molecule has 1 aliphatic rings. The minimum atomic E-state index is -4.03. The third kappa shape index (κ3) is 5.75.